The van der Waals surface area contributed by atoms with Crippen molar-refractivity contribution in [3.05, 3.63) is 42.0 Å². The Morgan fingerprint density at radius 1 is 1.22 bits per heavy atom. The highest BCUT2D eigenvalue weighted by molar-refractivity contribution is 7.91. The lowest BCUT2D eigenvalue weighted by molar-refractivity contribution is 0.336. The first kappa shape index (κ1) is 16.3. The van der Waals surface area contributed by atoms with Gasteiger partial charge in [0.2, 0.25) is 0 Å². The number of rotatable bonds is 6. The van der Waals surface area contributed by atoms with E-state index < -0.39 is 9.84 Å². The van der Waals surface area contributed by atoms with Gasteiger partial charge in [-0.05, 0) is 42.6 Å². The van der Waals surface area contributed by atoms with Crippen molar-refractivity contribution < 1.29 is 13.2 Å². The van der Waals surface area contributed by atoms with E-state index in [0.717, 1.165) is 24.3 Å². The molecule has 0 aliphatic carbocycles. The molecule has 0 saturated carbocycles. The predicted octanol–water partition coefficient (Wildman–Crippen LogP) is 2.76. The molecule has 1 fully saturated rings. The molecular weight excluding hydrogens is 310 g/mol. The predicted molar refractivity (Wildman–Crippen MR) is 93.6 cm³/mol. The summed E-state index contributed by atoms with van der Waals surface area (Å²) >= 11 is 0. The van der Waals surface area contributed by atoms with Gasteiger partial charge >= 0.3 is 0 Å². The zero-order chi connectivity index (χ0) is 16.3. The molecule has 1 saturated heterocycles. The summed E-state index contributed by atoms with van der Waals surface area (Å²) < 4.78 is 28.8. The van der Waals surface area contributed by atoms with Crippen LogP contribution in [-0.2, 0) is 16.4 Å². The summed E-state index contributed by atoms with van der Waals surface area (Å²) in [6.07, 6.45) is 0.767. The minimum atomic E-state index is -2.81. The number of hydrogen-bond donors (Lipinski definition) is 1. The Balaban J connectivity index is 1.74. The minimum absolute atomic E-state index is 0.227. The lowest BCUT2D eigenvalue weighted by atomic mass is 10.0. The van der Waals surface area contributed by atoms with Gasteiger partial charge in [-0.15, -0.1) is 0 Å². The Morgan fingerprint density at radius 2 is 2.04 bits per heavy atom. The van der Waals surface area contributed by atoms with Crippen molar-refractivity contribution in [2.45, 2.75) is 19.9 Å². The van der Waals surface area contributed by atoms with E-state index in [4.69, 9.17) is 4.74 Å². The minimum Gasteiger partial charge on any atom is -0.494 e. The van der Waals surface area contributed by atoms with Gasteiger partial charge in [-0.2, -0.15) is 0 Å². The van der Waals surface area contributed by atoms with Gasteiger partial charge in [0.15, 0.2) is 9.84 Å². The molecule has 0 radical (unpaired) electrons. The Morgan fingerprint density at radius 3 is 2.78 bits per heavy atom. The van der Waals surface area contributed by atoms with Crippen LogP contribution in [0.25, 0.3) is 10.8 Å². The van der Waals surface area contributed by atoms with Crippen LogP contribution in [0.15, 0.2) is 36.4 Å². The third-order valence-corrected chi connectivity index (χ3v) is 6.20. The third-order valence-electron chi connectivity index (χ3n) is 4.36. The quantitative estimate of drug-likeness (QED) is 0.883. The molecule has 4 nitrogen and oxygen atoms in total. The van der Waals surface area contributed by atoms with Crippen LogP contribution >= 0.6 is 0 Å². The second-order valence-corrected chi connectivity index (χ2v) is 8.33. The van der Waals surface area contributed by atoms with Crippen molar-refractivity contribution in [1.82, 2.24) is 5.32 Å². The van der Waals surface area contributed by atoms with E-state index in [-0.39, 0.29) is 5.92 Å². The highest BCUT2D eigenvalue weighted by Crippen LogP contribution is 2.28. The summed E-state index contributed by atoms with van der Waals surface area (Å²) in [6.45, 7) is 4.03. The molecule has 0 amide bonds. The van der Waals surface area contributed by atoms with E-state index >= 15 is 0 Å². The van der Waals surface area contributed by atoms with Crippen LogP contribution in [0.2, 0.25) is 0 Å². The van der Waals surface area contributed by atoms with Gasteiger partial charge in [-0.3, -0.25) is 0 Å². The van der Waals surface area contributed by atoms with Gasteiger partial charge in [0.1, 0.15) is 5.75 Å². The molecule has 23 heavy (non-hydrogen) atoms. The average Bonchev–Trinajstić information content (AvgIpc) is 2.88. The number of nitrogens with one attached hydrogen (secondary N) is 1. The highest BCUT2D eigenvalue weighted by atomic mass is 32.2. The van der Waals surface area contributed by atoms with Gasteiger partial charge in [0.25, 0.3) is 0 Å². The van der Waals surface area contributed by atoms with E-state index in [1.165, 1.54) is 10.8 Å². The maximum absolute atomic E-state index is 11.5. The Hall–Kier alpha value is -1.59. The summed E-state index contributed by atoms with van der Waals surface area (Å²) in [4.78, 5) is 0. The number of fused-ring (bicyclic) bond motifs is 1. The molecule has 5 heteroatoms. The second-order valence-electron chi connectivity index (χ2n) is 6.10. The topological polar surface area (TPSA) is 55.4 Å². The van der Waals surface area contributed by atoms with E-state index in [9.17, 15) is 8.42 Å². The summed E-state index contributed by atoms with van der Waals surface area (Å²) in [5.74, 6) is 1.77. The second kappa shape index (κ2) is 6.89. The zero-order valence-corrected chi connectivity index (χ0v) is 14.2. The first-order chi connectivity index (χ1) is 11.1. The molecule has 1 aliphatic rings. The molecule has 1 atom stereocenters. The van der Waals surface area contributed by atoms with Crippen LogP contribution < -0.4 is 10.1 Å². The summed E-state index contributed by atoms with van der Waals surface area (Å²) in [5.41, 5.74) is 1.14. The highest BCUT2D eigenvalue weighted by Gasteiger charge is 2.27. The number of benzene rings is 2. The van der Waals surface area contributed by atoms with Crippen LogP contribution in [-0.4, -0.2) is 33.1 Å². The van der Waals surface area contributed by atoms with Gasteiger partial charge in [0.05, 0.1) is 18.1 Å². The lowest BCUT2D eigenvalue weighted by Crippen LogP contribution is -2.23. The monoisotopic (exact) mass is 333 g/mol. The third kappa shape index (κ3) is 3.85. The smallest absolute Gasteiger partial charge is 0.150 e. The molecule has 0 aromatic heterocycles. The number of ether oxygens (including phenoxy) is 1. The van der Waals surface area contributed by atoms with Crippen molar-refractivity contribution in [3.8, 4) is 5.75 Å². The van der Waals surface area contributed by atoms with Crippen molar-refractivity contribution >= 4 is 20.6 Å². The van der Waals surface area contributed by atoms with E-state index in [1.807, 2.05) is 25.1 Å². The molecular formula is C18H23NO3S. The van der Waals surface area contributed by atoms with Crippen LogP contribution in [0.3, 0.4) is 0 Å². The first-order valence-corrected chi connectivity index (χ1v) is 9.96. The molecule has 1 heterocycles. The summed E-state index contributed by atoms with van der Waals surface area (Å²) in [6, 6.07) is 12.4. The lowest BCUT2D eigenvalue weighted by Gasteiger charge is -2.15. The normalized spacial score (nSPS) is 20.0. The molecule has 1 N–H and O–H groups in total. The van der Waals surface area contributed by atoms with Crippen molar-refractivity contribution in [1.29, 1.82) is 0 Å². The molecule has 0 unspecified atom stereocenters. The van der Waals surface area contributed by atoms with E-state index in [1.54, 1.807) is 0 Å². The van der Waals surface area contributed by atoms with Crippen LogP contribution in [0.5, 0.6) is 5.75 Å². The fraction of sp³-hybridized carbons (Fsp3) is 0.444. The number of hydrogen-bond acceptors (Lipinski definition) is 4. The summed E-state index contributed by atoms with van der Waals surface area (Å²) in [5, 5.41) is 5.80. The Bertz CT molecular complexity index is 786. The first-order valence-electron chi connectivity index (χ1n) is 8.13. The largest absolute Gasteiger partial charge is 0.494 e. The fourth-order valence-corrected chi connectivity index (χ4v) is 5.09. The SMILES string of the molecule is CCOc1ccc2ccccc2c1CNC[C@H]1CCS(=O)(=O)C1. The molecule has 2 aromatic rings. The van der Waals surface area contributed by atoms with Crippen LogP contribution in [0, 0.1) is 5.92 Å². The molecule has 1 aliphatic heterocycles. The number of sulfone groups is 1. The molecule has 0 spiro atoms. The summed E-state index contributed by atoms with van der Waals surface area (Å²) in [7, 11) is -2.81. The maximum Gasteiger partial charge on any atom is 0.150 e. The van der Waals surface area contributed by atoms with Crippen molar-refractivity contribution in [2.24, 2.45) is 5.92 Å². The van der Waals surface area contributed by atoms with Gasteiger partial charge in [0, 0.05) is 12.1 Å². The average molecular weight is 333 g/mol. The van der Waals surface area contributed by atoms with E-state index in [2.05, 4.69) is 23.5 Å². The molecule has 2 aromatic carbocycles. The van der Waals surface area contributed by atoms with Crippen LogP contribution in [0.1, 0.15) is 18.9 Å². The maximum atomic E-state index is 11.5. The van der Waals surface area contributed by atoms with Crippen molar-refractivity contribution in [2.75, 3.05) is 24.7 Å². The van der Waals surface area contributed by atoms with Crippen LogP contribution in [0.4, 0.5) is 0 Å². The molecule has 3 rings (SSSR count). The fourth-order valence-electron chi connectivity index (χ4n) is 3.22. The van der Waals surface area contributed by atoms with Gasteiger partial charge in [-0.1, -0.05) is 30.3 Å². The van der Waals surface area contributed by atoms with Crippen molar-refractivity contribution in [3.63, 3.8) is 0 Å². The molecule has 124 valence electrons. The zero-order valence-electron chi connectivity index (χ0n) is 13.4. The Labute approximate surface area is 137 Å². The van der Waals surface area contributed by atoms with Gasteiger partial charge < -0.3 is 10.1 Å². The Kier molecular flexibility index (Phi) is 4.87. The van der Waals surface area contributed by atoms with Gasteiger partial charge in [-0.25, -0.2) is 8.42 Å². The standard InChI is InChI=1S/C18H23NO3S/c1-2-22-18-8-7-15-5-3-4-6-16(15)17(18)12-19-11-14-9-10-23(20,21)13-14/h3-8,14,19H,2,9-13H2,1H3/t14-/m1/s1. The molecule has 0 bridgehead atoms. The van der Waals surface area contributed by atoms with E-state index in [0.29, 0.717) is 24.7 Å².